The Kier molecular flexibility index (Phi) is 4.63. The Labute approximate surface area is 164 Å². The van der Waals surface area contributed by atoms with Gasteiger partial charge in [-0.3, -0.25) is 5.10 Å². The molecule has 2 aromatic heterocycles. The van der Waals surface area contributed by atoms with Crippen molar-refractivity contribution in [3.63, 3.8) is 0 Å². The number of ether oxygens (including phenoxy) is 1. The molecular weight excluding hydrogens is 352 g/mol. The van der Waals surface area contributed by atoms with Gasteiger partial charge in [0.25, 0.3) is 0 Å². The number of amides is 1. The van der Waals surface area contributed by atoms with Gasteiger partial charge in [0.2, 0.25) is 0 Å². The fraction of sp³-hybridized carbons (Fsp3) is 0.318. The molecule has 0 saturated carbocycles. The van der Waals surface area contributed by atoms with Crippen LogP contribution >= 0.6 is 0 Å². The fourth-order valence-corrected chi connectivity index (χ4v) is 3.47. The van der Waals surface area contributed by atoms with Crippen molar-refractivity contribution >= 4 is 22.7 Å². The third kappa shape index (κ3) is 3.63. The molecule has 2 aromatic rings. The number of carbonyl (C=O) groups excluding carboxylic acids is 1. The molecule has 4 rings (SSSR count). The number of H-pyrrole nitrogens is 1. The molecule has 1 aliphatic carbocycles. The van der Waals surface area contributed by atoms with E-state index in [1.165, 1.54) is 5.56 Å². The average Bonchev–Trinajstić information content (AvgIpc) is 3.04. The lowest BCUT2D eigenvalue weighted by molar-refractivity contribution is 0.0224. The number of nitrogens with zero attached hydrogens (tertiary/aromatic N) is 3. The number of carbonyl (C=O) groups is 1. The molecule has 0 aromatic carbocycles. The van der Waals surface area contributed by atoms with Crippen molar-refractivity contribution in [2.45, 2.75) is 39.3 Å². The van der Waals surface area contributed by atoms with Gasteiger partial charge in [-0.2, -0.15) is 5.10 Å². The summed E-state index contributed by atoms with van der Waals surface area (Å²) >= 11 is 0. The molecule has 28 heavy (non-hydrogen) atoms. The van der Waals surface area contributed by atoms with Crippen LogP contribution in [0.4, 0.5) is 4.79 Å². The maximum atomic E-state index is 12.5. The van der Waals surface area contributed by atoms with Gasteiger partial charge in [-0.1, -0.05) is 42.5 Å². The quantitative estimate of drug-likeness (QED) is 0.805. The van der Waals surface area contributed by atoms with Crippen molar-refractivity contribution in [3.05, 3.63) is 65.5 Å². The maximum Gasteiger partial charge on any atom is 0.410 e. The number of pyridine rings is 1. The molecule has 144 valence electrons. The van der Waals surface area contributed by atoms with Gasteiger partial charge in [0.1, 0.15) is 5.60 Å². The number of aromatic nitrogens is 3. The first kappa shape index (κ1) is 18.2. The van der Waals surface area contributed by atoms with Crippen LogP contribution in [0.15, 0.2) is 48.7 Å². The molecule has 0 saturated heterocycles. The Bertz CT molecular complexity index is 1030. The minimum absolute atomic E-state index is 0.284. The Hall–Kier alpha value is -3.15. The Balaban J connectivity index is 1.69. The normalized spacial score (nSPS) is 16.5. The van der Waals surface area contributed by atoms with Gasteiger partial charge in [0.15, 0.2) is 5.65 Å². The average molecular weight is 376 g/mol. The van der Waals surface area contributed by atoms with E-state index in [4.69, 9.17) is 4.74 Å². The minimum atomic E-state index is -0.504. The third-order valence-electron chi connectivity index (χ3n) is 4.71. The summed E-state index contributed by atoms with van der Waals surface area (Å²) in [5.74, 6) is 0. The number of aromatic amines is 1. The van der Waals surface area contributed by atoms with Gasteiger partial charge in [0.05, 0.1) is 17.6 Å². The van der Waals surface area contributed by atoms with Gasteiger partial charge in [-0.25, -0.2) is 9.78 Å². The highest BCUT2D eigenvalue weighted by Crippen LogP contribution is 2.31. The van der Waals surface area contributed by atoms with Gasteiger partial charge in [-0.05, 0) is 38.3 Å². The van der Waals surface area contributed by atoms with Crippen molar-refractivity contribution < 1.29 is 9.53 Å². The molecule has 1 N–H and O–H groups in total. The van der Waals surface area contributed by atoms with E-state index in [0.29, 0.717) is 18.7 Å². The van der Waals surface area contributed by atoms with E-state index in [1.54, 1.807) is 4.90 Å². The molecule has 0 radical (unpaired) electrons. The smallest absolute Gasteiger partial charge is 0.410 e. The summed E-state index contributed by atoms with van der Waals surface area (Å²) in [5, 5.41) is 8.59. The Morgan fingerprint density at radius 3 is 2.79 bits per heavy atom. The highest BCUT2D eigenvalue weighted by Gasteiger charge is 2.28. The van der Waals surface area contributed by atoms with Crippen LogP contribution in [0.2, 0.25) is 0 Å². The monoisotopic (exact) mass is 376 g/mol. The lowest BCUT2D eigenvalue weighted by atomic mass is 9.95. The van der Waals surface area contributed by atoms with Gasteiger partial charge in [0, 0.05) is 18.3 Å². The molecule has 3 heterocycles. The molecular formula is C22H24N4O2. The van der Waals surface area contributed by atoms with E-state index in [1.807, 2.05) is 57.3 Å². The van der Waals surface area contributed by atoms with Crippen molar-refractivity contribution in [3.8, 4) is 0 Å². The van der Waals surface area contributed by atoms with E-state index in [9.17, 15) is 4.79 Å². The SMILES string of the molecule is CC(C)(C)OC(=O)N1CCc2c(cnc3n[nH]c(C4=CC=CC=CC=C4)c23)C1. The van der Waals surface area contributed by atoms with Crippen molar-refractivity contribution in [2.24, 2.45) is 0 Å². The molecule has 1 aliphatic heterocycles. The summed E-state index contributed by atoms with van der Waals surface area (Å²) in [6.45, 7) is 6.75. The zero-order chi connectivity index (χ0) is 19.7. The van der Waals surface area contributed by atoms with Crippen LogP contribution in [0.1, 0.15) is 37.6 Å². The second-order valence-corrected chi connectivity index (χ2v) is 7.96. The molecule has 0 unspecified atom stereocenters. The third-order valence-corrected chi connectivity index (χ3v) is 4.71. The predicted molar refractivity (Wildman–Crippen MR) is 110 cm³/mol. The summed E-state index contributed by atoms with van der Waals surface area (Å²) in [6.07, 6.45) is 16.4. The summed E-state index contributed by atoms with van der Waals surface area (Å²) < 4.78 is 5.53. The topological polar surface area (TPSA) is 71.1 Å². The first-order chi connectivity index (χ1) is 13.4. The highest BCUT2D eigenvalue weighted by atomic mass is 16.6. The number of fused-ring (bicyclic) bond motifs is 3. The van der Waals surface area contributed by atoms with Crippen molar-refractivity contribution in [1.29, 1.82) is 0 Å². The molecule has 2 aliphatic rings. The number of rotatable bonds is 1. The number of nitrogens with one attached hydrogen (secondary N) is 1. The fourth-order valence-electron chi connectivity index (χ4n) is 3.47. The molecule has 6 nitrogen and oxygen atoms in total. The van der Waals surface area contributed by atoms with Crippen LogP contribution in [-0.4, -0.2) is 38.3 Å². The Morgan fingerprint density at radius 1 is 1.18 bits per heavy atom. The highest BCUT2D eigenvalue weighted by molar-refractivity contribution is 5.94. The van der Waals surface area contributed by atoms with Crippen molar-refractivity contribution in [2.75, 3.05) is 6.54 Å². The van der Waals surface area contributed by atoms with Gasteiger partial charge in [-0.15, -0.1) is 0 Å². The van der Waals surface area contributed by atoms with E-state index in [2.05, 4.69) is 27.3 Å². The molecule has 0 fully saturated rings. The second-order valence-electron chi connectivity index (χ2n) is 7.96. The van der Waals surface area contributed by atoms with Crippen LogP contribution in [-0.2, 0) is 17.7 Å². The number of hydrogen-bond donors (Lipinski definition) is 1. The zero-order valence-electron chi connectivity index (χ0n) is 16.4. The van der Waals surface area contributed by atoms with E-state index < -0.39 is 5.60 Å². The van der Waals surface area contributed by atoms with Gasteiger partial charge >= 0.3 is 6.09 Å². The van der Waals surface area contributed by atoms with Gasteiger partial charge < -0.3 is 9.64 Å². The molecule has 1 amide bonds. The van der Waals surface area contributed by atoms with E-state index in [0.717, 1.165) is 28.6 Å². The lowest BCUT2D eigenvalue weighted by Crippen LogP contribution is -2.40. The summed E-state index contributed by atoms with van der Waals surface area (Å²) in [6, 6.07) is 0. The lowest BCUT2D eigenvalue weighted by Gasteiger charge is -2.31. The first-order valence-corrected chi connectivity index (χ1v) is 9.47. The standard InChI is InChI=1S/C22H24N4O2/c1-22(2,3)28-21(27)26-12-11-17-16(14-26)13-23-20-18(17)19(24-25-20)15-9-7-5-4-6-8-10-15/h4-10,13H,11-12,14H2,1-3H3,(H,23,24,25). The predicted octanol–water partition coefficient (Wildman–Crippen LogP) is 4.32. The zero-order valence-corrected chi connectivity index (χ0v) is 16.4. The van der Waals surface area contributed by atoms with Crippen LogP contribution in [0.5, 0.6) is 0 Å². The minimum Gasteiger partial charge on any atom is -0.444 e. The van der Waals surface area contributed by atoms with Crippen LogP contribution in [0, 0.1) is 0 Å². The van der Waals surface area contributed by atoms with E-state index in [-0.39, 0.29) is 6.09 Å². The molecule has 0 bridgehead atoms. The maximum absolute atomic E-state index is 12.5. The summed E-state index contributed by atoms with van der Waals surface area (Å²) in [5.41, 5.74) is 4.45. The molecule has 0 atom stereocenters. The summed E-state index contributed by atoms with van der Waals surface area (Å²) in [4.78, 5) is 18.7. The van der Waals surface area contributed by atoms with E-state index >= 15 is 0 Å². The molecule has 0 spiro atoms. The van der Waals surface area contributed by atoms with Crippen molar-refractivity contribution in [1.82, 2.24) is 20.1 Å². The largest absolute Gasteiger partial charge is 0.444 e. The second kappa shape index (κ2) is 7.11. The Morgan fingerprint density at radius 2 is 1.96 bits per heavy atom. The number of allylic oxidation sites excluding steroid dienone is 8. The van der Waals surface area contributed by atoms with Crippen LogP contribution in [0.25, 0.3) is 16.6 Å². The van der Waals surface area contributed by atoms with Crippen LogP contribution < -0.4 is 0 Å². The summed E-state index contributed by atoms with van der Waals surface area (Å²) in [7, 11) is 0. The van der Waals surface area contributed by atoms with Crippen LogP contribution in [0.3, 0.4) is 0 Å². The molecule has 6 heteroatoms. The number of hydrogen-bond acceptors (Lipinski definition) is 4. The first-order valence-electron chi connectivity index (χ1n) is 9.47.